The predicted molar refractivity (Wildman–Crippen MR) is 258 cm³/mol. The number of esters is 3. The van der Waals surface area contributed by atoms with Gasteiger partial charge in [-0.2, -0.15) is 0 Å². The van der Waals surface area contributed by atoms with E-state index >= 15 is 0 Å². The van der Waals surface area contributed by atoms with E-state index in [9.17, 15) is 14.4 Å². The van der Waals surface area contributed by atoms with Crippen LogP contribution in [0.1, 0.15) is 105 Å². The van der Waals surface area contributed by atoms with Crippen molar-refractivity contribution in [2.75, 3.05) is 6.54 Å². The summed E-state index contributed by atoms with van der Waals surface area (Å²) >= 11 is 3.40. The van der Waals surface area contributed by atoms with Crippen molar-refractivity contribution in [1.29, 1.82) is 0 Å². The van der Waals surface area contributed by atoms with Gasteiger partial charge < -0.3 is 24.6 Å². The minimum Gasteiger partial charge on any atom is -0.481 e. The highest BCUT2D eigenvalue weighted by molar-refractivity contribution is 9.10. The number of aliphatic carboxylic acids is 1. The van der Waals surface area contributed by atoms with Crippen LogP contribution in [-0.4, -0.2) is 62.3 Å². The summed E-state index contributed by atoms with van der Waals surface area (Å²) in [4.78, 5) is 50.9. The standard InChI is InChI=1S/C16H23NO2.C16H17NO2.C9H6BrN.C7H12O2.C2H4O2.CH4/c2*1-16(2,3)19-15(18)7-5-12-4-6-13-8-9-17-11-14(13)10-12;10-9-2-1-7-3-4-11-6-8(7)5-9;1-5-6(8)9-7(2,3)4;1-2(3)4;/h4,6,10,17H,5,7-9,11H2,1-3H3;4-11H,1-3H3;1-6H;5H,1H2,2-4H3;1H3,(H,3,4);1H4/b;7-5+;;;;. The van der Waals surface area contributed by atoms with Gasteiger partial charge in [0.1, 0.15) is 16.8 Å². The average molecular weight is 929 g/mol. The maximum atomic E-state index is 11.7. The number of hydrogen-bond donors (Lipinski definition) is 2. The molecule has 0 aliphatic carbocycles. The Balaban J connectivity index is 0.000000422. The lowest BCUT2D eigenvalue weighted by Crippen LogP contribution is -2.24. The molecule has 12 heteroatoms. The molecule has 0 fully saturated rings. The van der Waals surface area contributed by atoms with E-state index in [1.54, 1.807) is 24.7 Å². The molecular formula is C51H66BrN3O8. The third-order valence-electron chi connectivity index (χ3n) is 7.85. The lowest BCUT2D eigenvalue weighted by molar-refractivity contribution is -0.155. The molecule has 2 N–H and O–H groups in total. The summed E-state index contributed by atoms with van der Waals surface area (Å²) in [6.07, 6.45) is 13.9. The van der Waals surface area contributed by atoms with Crippen molar-refractivity contribution in [2.24, 2.45) is 0 Å². The van der Waals surface area contributed by atoms with Gasteiger partial charge in [-0.3, -0.25) is 19.6 Å². The van der Waals surface area contributed by atoms with Crippen molar-refractivity contribution in [3.05, 3.63) is 137 Å². The van der Waals surface area contributed by atoms with Gasteiger partial charge in [0.2, 0.25) is 0 Å². The first kappa shape index (κ1) is 55.3. The van der Waals surface area contributed by atoms with Crippen LogP contribution in [0.3, 0.4) is 0 Å². The number of aryl methyl sites for hydroxylation is 1. The van der Waals surface area contributed by atoms with Gasteiger partial charge in [0.25, 0.3) is 5.97 Å². The molecule has 0 bridgehead atoms. The monoisotopic (exact) mass is 927 g/mol. The lowest BCUT2D eigenvalue weighted by Gasteiger charge is -2.20. The summed E-state index contributed by atoms with van der Waals surface area (Å²) in [5.74, 6) is -1.66. The van der Waals surface area contributed by atoms with Crippen LogP contribution in [0.15, 0.2) is 115 Å². The molecule has 6 rings (SSSR count). The number of nitrogens with one attached hydrogen (secondary N) is 1. The normalized spacial score (nSPS) is 11.8. The van der Waals surface area contributed by atoms with Crippen molar-refractivity contribution in [3.8, 4) is 0 Å². The van der Waals surface area contributed by atoms with Crippen LogP contribution in [-0.2, 0) is 52.8 Å². The zero-order valence-corrected chi connectivity index (χ0v) is 39.3. The fourth-order valence-electron chi connectivity index (χ4n) is 5.43. The van der Waals surface area contributed by atoms with Gasteiger partial charge in [0, 0.05) is 72.1 Å². The van der Waals surface area contributed by atoms with E-state index in [4.69, 9.17) is 24.1 Å². The largest absolute Gasteiger partial charge is 0.481 e. The third-order valence-corrected chi connectivity index (χ3v) is 8.35. The van der Waals surface area contributed by atoms with Gasteiger partial charge in [-0.25, -0.2) is 9.59 Å². The van der Waals surface area contributed by atoms with E-state index in [1.807, 2.05) is 105 Å². The maximum Gasteiger partial charge on any atom is 0.331 e. The van der Waals surface area contributed by atoms with Crippen LogP contribution in [0.2, 0.25) is 0 Å². The zero-order chi connectivity index (χ0) is 46.5. The number of carboxylic acid groups (broad SMARTS) is 1. The van der Waals surface area contributed by atoms with Crippen LogP contribution in [0.25, 0.3) is 27.6 Å². The number of pyridine rings is 2. The first-order valence-corrected chi connectivity index (χ1v) is 21.0. The van der Waals surface area contributed by atoms with Gasteiger partial charge in [0.15, 0.2) is 0 Å². The summed E-state index contributed by atoms with van der Waals surface area (Å²) in [6, 6.07) is 22.6. The van der Waals surface area contributed by atoms with Crippen molar-refractivity contribution in [3.63, 3.8) is 0 Å². The number of rotatable bonds is 6. The first-order chi connectivity index (χ1) is 28.9. The minimum absolute atomic E-state index is 0. The number of nitrogens with zero attached hydrogens (tertiary/aromatic N) is 2. The Bertz CT molecular complexity index is 2280. The summed E-state index contributed by atoms with van der Waals surface area (Å²) in [6.45, 7) is 23.0. The van der Waals surface area contributed by atoms with Crippen molar-refractivity contribution in [1.82, 2.24) is 15.3 Å². The predicted octanol–water partition coefficient (Wildman–Crippen LogP) is 11.4. The van der Waals surface area contributed by atoms with E-state index in [2.05, 4.69) is 68.1 Å². The second kappa shape index (κ2) is 26.7. The van der Waals surface area contributed by atoms with E-state index in [0.29, 0.717) is 6.42 Å². The van der Waals surface area contributed by atoms with Crippen LogP contribution in [0.5, 0.6) is 0 Å². The Morgan fingerprint density at radius 1 is 0.730 bits per heavy atom. The molecule has 11 nitrogen and oxygen atoms in total. The fraction of sp³-hybridized carbons (Fsp3) is 0.373. The highest BCUT2D eigenvalue weighted by Crippen LogP contribution is 2.20. The number of hydrogen-bond acceptors (Lipinski definition) is 10. The molecule has 0 saturated carbocycles. The number of carboxylic acids is 1. The van der Waals surface area contributed by atoms with Gasteiger partial charge in [0.05, 0.1) is 0 Å². The Labute approximate surface area is 382 Å². The SMILES string of the molecule is Brc1ccc2ccncc2c1.C.C=CC(=O)OC(C)(C)C.CC(=O)O.CC(C)(C)OC(=O)/C=C/c1ccc2ccncc2c1.CC(C)(C)OC(=O)CCc1ccc2c(c1)CNCC2. The molecule has 1 aliphatic rings. The molecule has 3 aromatic carbocycles. The summed E-state index contributed by atoms with van der Waals surface area (Å²) in [5.41, 5.74) is 3.71. The van der Waals surface area contributed by atoms with Gasteiger partial charge in [-0.05, 0) is 151 Å². The molecule has 2 aromatic heterocycles. The van der Waals surface area contributed by atoms with Crippen LogP contribution in [0, 0.1) is 0 Å². The maximum absolute atomic E-state index is 11.7. The first-order valence-electron chi connectivity index (χ1n) is 20.3. The molecule has 340 valence electrons. The van der Waals surface area contributed by atoms with E-state index in [0.717, 1.165) is 59.7 Å². The molecule has 0 unspecified atom stereocenters. The zero-order valence-electron chi connectivity index (χ0n) is 37.7. The summed E-state index contributed by atoms with van der Waals surface area (Å²) < 4.78 is 16.5. The average Bonchev–Trinajstić information content (AvgIpc) is 3.17. The molecule has 0 saturated heterocycles. The number of halogens is 1. The number of carbonyl (C=O) groups is 4. The van der Waals surface area contributed by atoms with Gasteiger partial charge >= 0.3 is 17.9 Å². The number of carbonyl (C=O) groups excluding carboxylic acids is 3. The molecule has 63 heavy (non-hydrogen) atoms. The molecule has 1 aliphatic heterocycles. The molecule has 3 heterocycles. The lowest BCUT2D eigenvalue weighted by atomic mass is 9.97. The third kappa shape index (κ3) is 25.1. The Morgan fingerprint density at radius 2 is 1.27 bits per heavy atom. The van der Waals surface area contributed by atoms with E-state index < -0.39 is 22.8 Å². The Hall–Kier alpha value is -5.72. The topological polar surface area (TPSA) is 154 Å². The minimum atomic E-state index is -0.833. The quantitative estimate of drug-likeness (QED) is 0.0950. The highest BCUT2D eigenvalue weighted by atomic mass is 79.9. The van der Waals surface area contributed by atoms with Crippen molar-refractivity contribution < 1.29 is 38.5 Å². The number of ether oxygens (including phenoxy) is 3. The number of benzene rings is 3. The van der Waals surface area contributed by atoms with Crippen LogP contribution < -0.4 is 5.32 Å². The van der Waals surface area contributed by atoms with Crippen molar-refractivity contribution in [2.45, 2.75) is 119 Å². The van der Waals surface area contributed by atoms with Crippen molar-refractivity contribution >= 4 is 67.4 Å². The van der Waals surface area contributed by atoms with Crippen LogP contribution in [0.4, 0.5) is 0 Å². The highest BCUT2D eigenvalue weighted by Gasteiger charge is 2.17. The molecule has 0 atom stereocenters. The summed E-state index contributed by atoms with van der Waals surface area (Å²) in [7, 11) is 0. The second-order valence-corrected chi connectivity index (χ2v) is 18.0. The second-order valence-electron chi connectivity index (χ2n) is 17.1. The Morgan fingerprint density at radius 3 is 1.81 bits per heavy atom. The molecule has 5 aromatic rings. The molecule has 0 amide bonds. The Kier molecular flexibility index (Phi) is 23.4. The summed E-state index contributed by atoms with van der Waals surface area (Å²) in [5, 5.41) is 15.4. The van der Waals surface area contributed by atoms with E-state index in [1.165, 1.54) is 33.5 Å². The number of aromatic nitrogens is 2. The van der Waals surface area contributed by atoms with E-state index in [-0.39, 0.29) is 25.3 Å². The fourth-order valence-corrected chi connectivity index (χ4v) is 5.81. The smallest absolute Gasteiger partial charge is 0.331 e. The molecular weight excluding hydrogens is 862 g/mol. The van der Waals surface area contributed by atoms with Crippen LogP contribution >= 0.6 is 15.9 Å². The van der Waals surface area contributed by atoms with Gasteiger partial charge in [-0.15, -0.1) is 0 Å². The van der Waals surface area contributed by atoms with Gasteiger partial charge in [-0.1, -0.05) is 66.3 Å². The molecule has 0 radical (unpaired) electrons. The molecule has 0 spiro atoms. The number of fused-ring (bicyclic) bond motifs is 3.